The molecule has 2 heterocycles. The summed E-state index contributed by atoms with van der Waals surface area (Å²) in [5.41, 5.74) is 3.34. The van der Waals surface area contributed by atoms with Crippen molar-refractivity contribution >= 4 is 33.4 Å². The lowest BCUT2D eigenvalue weighted by Crippen LogP contribution is -1.92. The number of nitrogens with zero attached hydrogens (tertiary/aromatic N) is 1. The monoisotopic (exact) mass is 244 g/mol. The third-order valence-electron chi connectivity index (χ3n) is 3.06. The van der Waals surface area contributed by atoms with Gasteiger partial charge in [0, 0.05) is 27.5 Å². The SMILES string of the molecule is CC(C)c1nccc2c1[nH]c1ccc(Cl)cc12. The number of aromatic amines is 1. The second-order valence-corrected chi connectivity index (χ2v) is 5.02. The van der Waals surface area contributed by atoms with Crippen LogP contribution in [0.2, 0.25) is 5.02 Å². The zero-order chi connectivity index (χ0) is 12.0. The Labute approximate surface area is 105 Å². The number of benzene rings is 1. The van der Waals surface area contributed by atoms with E-state index >= 15 is 0 Å². The van der Waals surface area contributed by atoms with Gasteiger partial charge in [-0.25, -0.2) is 0 Å². The van der Waals surface area contributed by atoms with Gasteiger partial charge in [-0.3, -0.25) is 4.98 Å². The summed E-state index contributed by atoms with van der Waals surface area (Å²) >= 11 is 6.05. The van der Waals surface area contributed by atoms with Crippen LogP contribution in [0.5, 0.6) is 0 Å². The van der Waals surface area contributed by atoms with Gasteiger partial charge in [0.25, 0.3) is 0 Å². The van der Waals surface area contributed by atoms with Crippen molar-refractivity contribution in [3.63, 3.8) is 0 Å². The highest BCUT2D eigenvalue weighted by molar-refractivity contribution is 6.31. The van der Waals surface area contributed by atoms with E-state index in [0.29, 0.717) is 5.92 Å². The number of aromatic nitrogens is 2. The molecule has 3 rings (SSSR count). The Bertz CT molecular complexity index is 698. The molecule has 0 radical (unpaired) electrons. The molecule has 0 atom stereocenters. The highest BCUT2D eigenvalue weighted by Gasteiger charge is 2.11. The summed E-state index contributed by atoms with van der Waals surface area (Å²) in [6.07, 6.45) is 1.87. The van der Waals surface area contributed by atoms with Crippen molar-refractivity contribution in [1.29, 1.82) is 0 Å². The smallest absolute Gasteiger partial charge is 0.0686 e. The van der Waals surface area contributed by atoms with E-state index in [1.54, 1.807) is 0 Å². The molecule has 3 aromatic rings. The number of pyridine rings is 1. The maximum atomic E-state index is 6.05. The Balaban J connectivity index is 2.47. The van der Waals surface area contributed by atoms with Crippen molar-refractivity contribution in [3.05, 3.63) is 41.2 Å². The van der Waals surface area contributed by atoms with Gasteiger partial charge in [-0.1, -0.05) is 25.4 Å². The number of hydrogen-bond acceptors (Lipinski definition) is 1. The van der Waals surface area contributed by atoms with Crippen molar-refractivity contribution in [2.24, 2.45) is 0 Å². The van der Waals surface area contributed by atoms with Crippen molar-refractivity contribution in [3.8, 4) is 0 Å². The highest BCUT2D eigenvalue weighted by Crippen LogP contribution is 2.30. The summed E-state index contributed by atoms with van der Waals surface area (Å²) in [5.74, 6) is 0.405. The quantitative estimate of drug-likeness (QED) is 0.671. The summed E-state index contributed by atoms with van der Waals surface area (Å²) in [7, 11) is 0. The van der Waals surface area contributed by atoms with Crippen LogP contribution in [0, 0.1) is 0 Å². The van der Waals surface area contributed by atoms with E-state index in [1.807, 2.05) is 30.5 Å². The van der Waals surface area contributed by atoms with Gasteiger partial charge in [0.2, 0.25) is 0 Å². The van der Waals surface area contributed by atoms with Crippen LogP contribution in [0.3, 0.4) is 0 Å². The van der Waals surface area contributed by atoms with E-state index in [0.717, 1.165) is 27.1 Å². The summed E-state index contributed by atoms with van der Waals surface area (Å²) in [5, 5.41) is 3.12. The molecule has 0 amide bonds. The van der Waals surface area contributed by atoms with E-state index in [9.17, 15) is 0 Å². The van der Waals surface area contributed by atoms with Crippen molar-refractivity contribution < 1.29 is 0 Å². The predicted molar refractivity (Wildman–Crippen MR) is 72.7 cm³/mol. The van der Waals surface area contributed by atoms with Gasteiger partial charge in [-0.05, 0) is 30.2 Å². The fraction of sp³-hybridized carbons (Fsp3) is 0.214. The van der Waals surface area contributed by atoms with Crippen LogP contribution in [-0.2, 0) is 0 Å². The standard InChI is InChI=1S/C14H13ClN2/c1-8(2)13-14-10(5-6-16-13)11-7-9(15)3-4-12(11)17-14/h3-8,17H,1-2H3. The highest BCUT2D eigenvalue weighted by atomic mass is 35.5. The number of hydrogen-bond donors (Lipinski definition) is 1. The third kappa shape index (κ3) is 1.60. The van der Waals surface area contributed by atoms with E-state index < -0.39 is 0 Å². The van der Waals surface area contributed by atoms with Gasteiger partial charge in [0.05, 0.1) is 11.2 Å². The minimum absolute atomic E-state index is 0.405. The van der Waals surface area contributed by atoms with Gasteiger partial charge in [0.1, 0.15) is 0 Å². The summed E-state index contributed by atoms with van der Waals surface area (Å²) < 4.78 is 0. The largest absolute Gasteiger partial charge is 0.353 e. The van der Waals surface area contributed by atoms with Gasteiger partial charge < -0.3 is 4.98 Å². The molecular weight excluding hydrogens is 232 g/mol. The summed E-state index contributed by atoms with van der Waals surface area (Å²) in [6.45, 7) is 4.31. The number of halogens is 1. The second-order valence-electron chi connectivity index (χ2n) is 4.59. The van der Waals surface area contributed by atoms with Gasteiger partial charge in [0.15, 0.2) is 0 Å². The number of fused-ring (bicyclic) bond motifs is 3. The van der Waals surface area contributed by atoms with Crippen molar-refractivity contribution in [2.75, 3.05) is 0 Å². The number of H-pyrrole nitrogens is 1. The predicted octanol–water partition coefficient (Wildman–Crippen LogP) is 4.49. The van der Waals surface area contributed by atoms with Gasteiger partial charge in [-0.2, -0.15) is 0 Å². The lowest BCUT2D eigenvalue weighted by atomic mass is 10.1. The molecule has 2 nitrogen and oxygen atoms in total. The van der Waals surface area contributed by atoms with E-state index in [2.05, 4.69) is 23.8 Å². The average Bonchev–Trinajstić information content (AvgIpc) is 2.66. The van der Waals surface area contributed by atoms with E-state index in [-0.39, 0.29) is 0 Å². The van der Waals surface area contributed by atoms with Crippen LogP contribution in [0.1, 0.15) is 25.5 Å². The third-order valence-corrected chi connectivity index (χ3v) is 3.29. The minimum Gasteiger partial charge on any atom is -0.353 e. The maximum absolute atomic E-state index is 6.05. The Kier molecular flexibility index (Phi) is 2.33. The van der Waals surface area contributed by atoms with Gasteiger partial charge in [-0.15, -0.1) is 0 Å². The Morgan fingerprint density at radius 1 is 1.18 bits per heavy atom. The molecule has 3 heteroatoms. The molecule has 0 saturated carbocycles. The van der Waals surface area contributed by atoms with E-state index in [1.165, 1.54) is 5.39 Å². The van der Waals surface area contributed by atoms with E-state index in [4.69, 9.17) is 11.6 Å². The van der Waals surface area contributed by atoms with Crippen LogP contribution in [-0.4, -0.2) is 9.97 Å². The first-order chi connectivity index (χ1) is 8.16. The number of nitrogens with one attached hydrogen (secondary N) is 1. The second kappa shape index (κ2) is 3.74. The molecule has 0 bridgehead atoms. The molecule has 17 heavy (non-hydrogen) atoms. The Morgan fingerprint density at radius 3 is 2.76 bits per heavy atom. The summed E-state index contributed by atoms with van der Waals surface area (Å²) in [6, 6.07) is 7.96. The molecule has 0 aliphatic carbocycles. The fourth-order valence-electron chi connectivity index (χ4n) is 2.25. The minimum atomic E-state index is 0.405. The zero-order valence-corrected chi connectivity index (χ0v) is 10.5. The summed E-state index contributed by atoms with van der Waals surface area (Å²) in [4.78, 5) is 7.89. The molecule has 0 aliphatic rings. The van der Waals surface area contributed by atoms with Gasteiger partial charge >= 0.3 is 0 Å². The molecule has 2 aromatic heterocycles. The van der Waals surface area contributed by atoms with Crippen LogP contribution in [0.25, 0.3) is 21.8 Å². The van der Waals surface area contributed by atoms with Crippen LogP contribution >= 0.6 is 11.6 Å². The number of rotatable bonds is 1. The lowest BCUT2D eigenvalue weighted by Gasteiger charge is -2.04. The average molecular weight is 245 g/mol. The van der Waals surface area contributed by atoms with Crippen molar-refractivity contribution in [1.82, 2.24) is 9.97 Å². The molecule has 0 unspecified atom stereocenters. The first-order valence-electron chi connectivity index (χ1n) is 5.72. The topological polar surface area (TPSA) is 28.7 Å². The molecule has 86 valence electrons. The fourth-order valence-corrected chi connectivity index (χ4v) is 2.43. The Morgan fingerprint density at radius 2 is 2.00 bits per heavy atom. The zero-order valence-electron chi connectivity index (χ0n) is 9.79. The molecule has 0 spiro atoms. The molecular formula is C14H13ClN2. The lowest BCUT2D eigenvalue weighted by molar-refractivity contribution is 0.832. The molecule has 1 aromatic carbocycles. The first-order valence-corrected chi connectivity index (χ1v) is 6.10. The molecule has 0 fully saturated rings. The molecule has 0 aliphatic heterocycles. The van der Waals surface area contributed by atoms with Crippen LogP contribution in [0.15, 0.2) is 30.5 Å². The molecule has 1 N–H and O–H groups in total. The first kappa shape index (κ1) is 10.6. The van der Waals surface area contributed by atoms with Crippen LogP contribution < -0.4 is 0 Å². The van der Waals surface area contributed by atoms with Crippen molar-refractivity contribution in [2.45, 2.75) is 19.8 Å². The van der Waals surface area contributed by atoms with Crippen LogP contribution in [0.4, 0.5) is 0 Å². The normalized spacial score (nSPS) is 11.8. The Hall–Kier alpha value is -1.54. The maximum Gasteiger partial charge on any atom is 0.0686 e. The molecule has 0 saturated heterocycles.